The minimum Gasteiger partial charge on any atom is -0.395 e. The zero-order chi connectivity index (χ0) is 18.0. The van der Waals surface area contributed by atoms with E-state index < -0.39 is 22.8 Å². The van der Waals surface area contributed by atoms with Gasteiger partial charge >= 0.3 is 5.88 Å². The topological polar surface area (TPSA) is 109 Å². The highest BCUT2D eigenvalue weighted by Crippen LogP contribution is 2.25. The Morgan fingerprint density at radius 2 is 2.04 bits per heavy atom. The molecular formula is C16H22N4O5. The maximum Gasteiger partial charge on any atom is 0.433 e. The highest BCUT2D eigenvalue weighted by atomic mass is 16.6. The quantitative estimate of drug-likeness (QED) is 0.641. The van der Waals surface area contributed by atoms with Gasteiger partial charge in [-0.25, -0.2) is 0 Å². The van der Waals surface area contributed by atoms with Gasteiger partial charge < -0.3 is 19.5 Å². The number of nitrogens with zero attached hydrogens (tertiary/aromatic N) is 3. The predicted molar refractivity (Wildman–Crippen MR) is 88.1 cm³/mol. The number of nitro groups is 1. The molecule has 0 aromatic carbocycles. The maximum absolute atomic E-state index is 12.9. The molecule has 2 unspecified atom stereocenters. The number of hydrogen-bond donors (Lipinski definition) is 1. The first kappa shape index (κ1) is 17.4. The third-order valence-electron chi connectivity index (χ3n) is 4.92. The van der Waals surface area contributed by atoms with Crippen LogP contribution in [-0.4, -0.2) is 65.3 Å². The lowest BCUT2D eigenvalue weighted by Crippen LogP contribution is -2.53. The SMILES string of the molecule is CNC1CCCN(C(=O)C2CCCN2C(=O)c2ccc([N+](=O)[O-])o2)C1. The van der Waals surface area contributed by atoms with E-state index >= 15 is 0 Å². The molecular weight excluding hydrogens is 328 g/mol. The molecule has 1 N–H and O–H groups in total. The zero-order valence-corrected chi connectivity index (χ0v) is 14.1. The van der Waals surface area contributed by atoms with Crippen LogP contribution in [0.1, 0.15) is 36.2 Å². The van der Waals surface area contributed by atoms with E-state index in [0.717, 1.165) is 25.3 Å². The van der Waals surface area contributed by atoms with Gasteiger partial charge in [-0.05, 0) is 38.8 Å². The Morgan fingerprint density at radius 3 is 2.72 bits per heavy atom. The van der Waals surface area contributed by atoms with Crippen molar-refractivity contribution in [1.29, 1.82) is 0 Å². The molecule has 2 amide bonds. The van der Waals surface area contributed by atoms with Gasteiger partial charge in [-0.2, -0.15) is 0 Å². The summed E-state index contributed by atoms with van der Waals surface area (Å²) < 4.78 is 5.00. The smallest absolute Gasteiger partial charge is 0.395 e. The summed E-state index contributed by atoms with van der Waals surface area (Å²) in [5.41, 5.74) is 0. The van der Waals surface area contributed by atoms with Crippen LogP contribution in [0.4, 0.5) is 5.88 Å². The predicted octanol–water partition coefficient (Wildman–Crippen LogP) is 1.00. The molecule has 2 aliphatic rings. The molecule has 9 nitrogen and oxygen atoms in total. The second-order valence-electron chi connectivity index (χ2n) is 6.46. The minimum atomic E-state index is -0.685. The van der Waals surface area contributed by atoms with Gasteiger partial charge in [0.2, 0.25) is 5.91 Å². The molecule has 25 heavy (non-hydrogen) atoms. The molecule has 2 fully saturated rings. The molecule has 1 aromatic rings. The van der Waals surface area contributed by atoms with Crippen LogP contribution < -0.4 is 5.32 Å². The Labute approximate surface area is 145 Å². The third-order valence-corrected chi connectivity index (χ3v) is 4.92. The average molecular weight is 350 g/mol. The first-order valence-electron chi connectivity index (χ1n) is 8.52. The first-order chi connectivity index (χ1) is 12.0. The Morgan fingerprint density at radius 1 is 1.28 bits per heavy atom. The van der Waals surface area contributed by atoms with Gasteiger partial charge in [0.05, 0.1) is 6.07 Å². The number of likely N-dealkylation sites (N-methyl/N-ethyl adjacent to an activating group) is 1. The number of likely N-dealkylation sites (tertiary alicyclic amines) is 2. The van der Waals surface area contributed by atoms with Crippen molar-refractivity contribution < 1.29 is 18.9 Å². The lowest BCUT2D eigenvalue weighted by molar-refractivity contribution is -0.402. The fourth-order valence-corrected chi connectivity index (χ4v) is 3.57. The molecule has 2 atom stereocenters. The van der Waals surface area contributed by atoms with Gasteiger partial charge in [-0.1, -0.05) is 0 Å². The van der Waals surface area contributed by atoms with Crippen molar-refractivity contribution in [3.05, 3.63) is 28.0 Å². The summed E-state index contributed by atoms with van der Waals surface area (Å²) in [6, 6.07) is 2.20. The van der Waals surface area contributed by atoms with Crippen LogP contribution in [0.2, 0.25) is 0 Å². The zero-order valence-electron chi connectivity index (χ0n) is 14.1. The van der Waals surface area contributed by atoms with Crippen molar-refractivity contribution in [3.63, 3.8) is 0 Å². The second-order valence-corrected chi connectivity index (χ2v) is 6.46. The summed E-state index contributed by atoms with van der Waals surface area (Å²) in [7, 11) is 1.88. The van der Waals surface area contributed by atoms with Crippen LogP contribution in [-0.2, 0) is 4.79 Å². The van der Waals surface area contributed by atoms with Gasteiger partial charge in [0.1, 0.15) is 11.0 Å². The Bertz CT molecular complexity index is 673. The fourth-order valence-electron chi connectivity index (χ4n) is 3.57. The molecule has 0 bridgehead atoms. The summed E-state index contributed by atoms with van der Waals surface area (Å²) in [4.78, 5) is 38.8. The molecule has 3 rings (SSSR count). The van der Waals surface area contributed by atoms with E-state index in [1.54, 1.807) is 0 Å². The number of hydrogen-bond acceptors (Lipinski definition) is 6. The van der Waals surface area contributed by atoms with Crippen LogP contribution in [0.15, 0.2) is 16.5 Å². The highest BCUT2D eigenvalue weighted by Gasteiger charge is 2.39. The van der Waals surface area contributed by atoms with E-state index in [4.69, 9.17) is 4.42 Å². The summed E-state index contributed by atoms with van der Waals surface area (Å²) >= 11 is 0. The van der Waals surface area contributed by atoms with Crippen molar-refractivity contribution >= 4 is 17.7 Å². The second kappa shape index (κ2) is 7.22. The number of carbonyl (C=O) groups excluding carboxylic acids is 2. The Balaban J connectivity index is 1.71. The van der Waals surface area contributed by atoms with E-state index in [0.29, 0.717) is 26.1 Å². The number of furan rings is 1. The molecule has 136 valence electrons. The molecule has 1 aromatic heterocycles. The summed E-state index contributed by atoms with van der Waals surface area (Å²) in [6.45, 7) is 1.79. The van der Waals surface area contributed by atoms with Crippen molar-refractivity contribution in [1.82, 2.24) is 15.1 Å². The molecule has 2 aliphatic heterocycles. The van der Waals surface area contributed by atoms with Crippen LogP contribution in [0.5, 0.6) is 0 Å². The van der Waals surface area contributed by atoms with Crippen LogP contribution in [0.3, 0.4) is 0 Å². The third kappa shape index (κ3) is 3.51. The summed E-state index contributed by atoms with van der Waals surface area (Å²) in [5.74, 6) is -1.09. The number of nitrogens with one attached hydrogen (secondary N) is 1. The van der Waals surface area contributed by atoms with Crippen LogP contribution in [0.25, 0.3) is 0 Å². The largest absolute Gasteiger partial charge is 0.433 e. The molecule has 0 saturated carbocycles. The Hall–Kier alpha value is -2.42. The van der Waals surface area contributed by atoms with Gasteiger partial charge in [-0.15, -0.1) is 0 Å². The normalized spacial score (nSPS) is 23.7. The van der Waals surface area contributed by atoms with E-state index in [2.05, 4.69) is 5.32 Å². The fraction of sp³-hybridized carbons (Fsp3) is 0.625. The monoisotopic (exact) mass is 350 g/mol. The molecule has 0 radical (unpaired) electrons. The number of rotatable bonds is 4. The van der Waals surface area contributed by atoms with Crippen molar-refractivity contribution in [3.8, 4) is 0 Å². The van der Waals surface area contributed by atoms with E-state index in [9.17, 15) is 19.7 Å². The number of carbonyl (C=O) groups is 2. The molecule has 0 spiro atoms. The average Bonchev–Trinajstić information content (AvgIpc) is 3.30. The highest BCUT2D eigenvalue weighted by molar-refractivity contribution is 5.96. The number of piperidine rings is 1. The maximum atomic E-state index is 12.9. The van der Waals surface area contributed by atoms with Gasteiger partial charge in [0.15, 0.2) is 5.76 Å². The van der Waals surface area contributed by atoms with E-state index in [1.807, 2.05) is 11.9 Å². The summed E-state index contributed by atoms with van der Waals surface area (Å²) in [6.07, 6.45) is 3.30. The summed E-state index contributed by atoms with van der Waals surface area (Å²) in [5, 5.41) is 13.9. The number of amides is 2. The van der Waals surface area contributed by atoms with Gasteiger partial charge in [0, 0.05) is 25.7 Å². The first-order valence-corrected chi connectivity index (χ1v) is 8.52. The van der Waals surface area contributed by atoms with Gasteiger partial charge in [0.25, 0.3) is 5.91 Å². The molecule has 9 heteroatoms. The van der Waals surface area contributed by atoms with Crippen molar-refractivity contribution in [2.75, 3.05) is 26.7 Å². The molecule has 0 aliphatic carbocycles. The lowest BCUT2D eigenvalue weighted by atomic mass is 10.0. The Kier molecular flexibility index (Phi) is 5.03. The minimum absolute atomic E-state index is 0.0492. The van der Waals surface area contributed by atoms with E-state index in [-0.39, 0.29) is 17.7 Å². The van der Waals surface area contributed by atoms with Crippen molar-refractivity contribution in [2.45, 2.75) is 37.8 Å². The molecule has 2 saturated heterocycles. The van der Waals surface area contributed by atoms with Crippen molar-refractivity contribution in [2.24, 2.45) is 0 Å². The lowest BCUT2D eigenvalue weighted by Gasteiger charge is -2.35. The van der Waals surface area contributed by atoms with Crippen LogP contribution >= 0.6 is 0 Å². The van der Waals surface area contributed by atoms with E-state index in [1.165, 1.54) is 11.0 Å². The van der Waals surface area contributed by atoms with Gasteiger partial charge in [-0.3, -0.25) is 19.7 Å². The molecule has 3 heterocycles. The standard InChI is InChI=1S/C16H22N4O5/c1-17-11-4-2-8-18(10-11)15(21)12-5-3-9-19(12)16(22)13-6-7-14(25-13)20(23)24/h6-7,11-12,17H,2-5,8-10H2,1H3. The van der Waals surface area contributed by atoms with Crippen LogP contribution in [0, 0.1) is 10.1 Å².